The third-order valence-electron chi connectivity index (χ3n) is 3.52. The molecule has 8 heteroatoms. The quantitative estimate of drug-likeness (QED) is 0.784. The van der Waals surface area contributed by atoms with E-state index in [4.69, 9.17) is 11.6 Å². The average molecular weight is 319 g/mol. The van der Waals surface area contributed by atoms with Gasteiger partial charge in [0.25, 0.3) is 0 Å². The van der Waals surface area contributed by atoms with Crippen LogP contribution in [0.15, 0.2) is 17.3 Å². The van der Waals surface area contributed by atoms with Crippen molar-refractivity contribution < 1.29 is 8.42 Å². The summed E-state index contributed by atoms with van der Waals surface area (Å²) in [7, 11) is -1.55. The van der Waals surface area contributed by atoms with E-state index in [9.17, 15) is 8.42 Å². The summed E-state index contributed by atoms with van der Waals surface area (Å²) in [5.74, 6) is 0. The largest absolute Gasteiger partial charge is 0.305 e. The fourth-order valence-electron chi connectivity index (χ4n) is 2.44. The van der Waals surface area contributed by atoms with Crippen LogP contribution < -0.4 is 0 Å². The molecule has 0 N–H and O–H groups in total. The summed E-state index contributed by atoms with van der Waals surface area (Å²) in [5, 5.41) is 0.0478. The molecule has 2 heterocycles. The molecule has 1 unspecified atom stereocenters. The molecule has 1 fully saturated rings. The number of sulfonamides is 1. The molecule has 1 aromatic rings. The lowest BCUT2D eigenvalue weighted by Crippen LogP contribution is -2.43. The fourth-order valence-corrected chi connectivity index (χ4v) is 4.16. The van der Waals surface area contributed by atoms with Gasteiger partial charge < -0.3 is 4.90 Å². The van der Waals surface area contributed by atoms with Gasteiger partial charge in [0.15, 0.2) is 0 Å². The molecule has 112 valence electrons. The normalized spacial score (nSPS) is 22.6. The van der Waals surface area contributed by atoms with Gasteiger partial charge in [-0.2, -0.15) is 4.31 Å². The summed E-state index contributed by atoms with van der Waals surface area (Å²) in [6.07, 6.45) is 4.14. The molecular weight excluding hydrogens is 300 g/mol. The van der Waals surface area contributed by atoms with Crippen LogP contribution in [0.2, 0.25) is 5.28 Å². The molecule has 0 radical (unpaired) electrons. The molecule has 20 heavy (non-hydrogen) atoms. The van der Waals surface area contributed by atoms with Gasteiger partial charge in [0.2, 0.25) is 15.3 Å². The van der Waals surface area contributed by atoms with Crippen LogP contribution in [-0.2, 0) is 10.0 Å². The minimum absolute atomic E-state index is 0.0248. The van der Waals surface area contributed by atoms with Crippen LogP contribution in [0.3, 0.4) is 0 Å². The first-order valence-electron chi connectivity index (χ1n) is 6.63. The van der Waals surface area contributed by atoms with Crippen LogP contribution in [0, 0.1) is 0 Å². The molecule has 1 aromatic heterocycles. The second-order valence-electron chi connectivity index (χ2n) is 4.98. The third kappa shape index (κ3) is 3.28. The Balaban J connectivity index is 2.33. The lowest BCUT2D eigenvalue weighted by atomic mass is 10.2. The van der Waals surface area contributed by atoms with E-state index in [2.05, 4.69) is 14.9 Å². The van der Waals surface area contributed by atoms with Crippen LogP contribution in [0.5, 0.6) is 0 Å². The lowest BCUT2D eigenvalue weighted by molar-refractivity contribution is 0.270. The van der Waals surface area contributed by atoms with Crippen molar-refractivity contribution >= 4 is 21.6 Å². The average Bonchev–Trinajstić information content (AvgIpc) is 2.61. The summed E-state index contributed by atoms with van der Waals surface area (Å²) in [4.78, 5) is 9.81. The van der Waals surface area contributed by atoms with Gasteiger partial charge in [-0.1, -0.05) is 6.92 Å². The first-order valence-corrected chi connectivity index (χ1v) is 8.45. The Morgan fingerprint density at radius 2 is 2.00 bits per heavy atom. The maximum absolute atomic E-state index is 12.7. The molecular formula is C12H19ClN4O2S. The van der Waals surface area contributed by atoms with E-state index in [1.54, 1.807) is 4.31 Å². The number of likely N-dealkylation sites (N-methyl/N-ethyl adjacent to an activating group) is 1. The van der Waals surface area contributed by atoms with Gasteiger partial charge >= 0.3 is 0 Å². The van der Waals surface area contributed by atoms with Crippen molar-refractivity contribution in [1.82, 2.24) is 19.2 Å². The van der Waals surface area contributed by atoms with Gasteiger partial charge in [0, 0.05) is 19.1 Å². The predicted molar refractivity (Wildman–Crippen MR) is 77.1 cm³/mol. The molecule has 1 atom stereocenters. The highest BCUT2D eigenvalue weighted by atomic mass is 35.5. The molecule has 0 aromatic carbocycles. The van der Waals surface area contributed by atoms with Gasteiger partial charge in [0.05, 0.1) is 12.4 Å². The van der Waals surface area contributed by atoms with Crippen molar-refractivity contribution in [3.63, 3.8) is 0 Å². The molecule has 0 spiro atoms. The van der Waals surface area contributed by atoms with Crippen LogP contribution >= 0.6 is 11.6 Å². The summed E-state index contributed by atoms with van der Waals surface area (Å²) in [6.45, 7) is 4.17. The number of halogens is 1. The van der Waals surface area contributed by atoms with E-state index in [-0.39, 0.29) is 16.2 Å². The molecule has 6 nitrogen and oxygen atoms in total. The Labute approximate surface area is 124 Å². The van der Waals surface area contributed by atoms with Crippen molar-refractivity contribution in [2.24, 2.45) is 0 Å². The Morgan fingerprint density at radius 1 is 1.35 bits per heavy atom. The van der Waals surface area contributed by atoms with E-state index in [1.165, 1.54) is 12.4 Å². The predicted octanol–water partition coefficient (Wildman–Crippen LogP) is 1.23. The van der Waals surface area contributed by atoms with Crippen LogP contribution in [0.4, 0.5) is 0 Å². The SMILES string of the molecule is CCC1CN(C)CCCN1S(=O)(=O)c1cnc(Cl)nc1. The van der Waals surface area contributed by atoms with Gasteiger partial charge in [-0.15, -0.1) is 0 Å². The summed E-state index contributed by atoms with van der Waals surface area (Å²) in [5.41, 5.74) is 0. The molecule has 1 saturated heterocycles. The first-order chi connectivity index (χ1) is 9.45. The van der Waals surface area contributed by atoms with Crippen molar-refractivity contribution in [2.45, 2.75) is 30.7 Å². The highest BCUT2D eigenvalue weighted by Gasteiger charge is 2.33. The van der Waals surface area contributed by atoms with E-state index in [1.807, 2.05) is 14.0 Å². The zero-order chi connectivity index (χ0) is 14.8. The van der Waals surface area contributed by atoms with E-state index in [0.717, 1.165) is 25.9 Å². The smallest absolute Gasteiger partial charge is 0.246 e. The second-order valence-corrected chi connectivity index (χ2v) is 7.21. The summed E-state index contributed by atoms with van der Waals surface area (Å²) < 4.78 is 27.0. The maximum Gasteiger partial charge on any atom is 0.246 e. The standard InChI is InChI=1S/C12H19ClN4O2S/c1-3-10-9-16(2)5-4-6-17(10)20(18,19)11-7-14-12(13)15-8-11/h7-8,10H,3-6,9H2,1-2H3. The Morgan fingerprint density at radius 3 is 2.60 bits per heavy atom. The number of nitrogens with zero attached hydrogens (tertiary/aromatic N) is 4. The van der Waals surface area contributed by atoms with Gasteiger partial charge in [0.1, 0.15) is 4.90 Å². The highest BCUT2D eigenvalue weighted by molar-refractivity contribution is 7.89. The van der Waals surface area contributed by atoms with Crippen LogP contribution in [0.1, 0.15) is 19.8 Å². The molecule has 0 saturated carbocycles. The number of hydrogen-bond donors (Lipinski definition) is 0. The van der Waals surface area contributed by atoms with Crippen molar-refractivity contribution in [3.05, 3.63) is 17.7 Å². The molecule has 0 amide bonds. The summed E-state index contributed by atoms with van der Waals surface area (Å²) >= 11 is 5.61. The number of hydrogen-bond acceptors (Lipinski definition) is 5. The monoisotopic (exact) mass is 318 g/mol. The molecule has 0 aliphatic carbocycles. The van der Waals surface area contributed by atoms with Crippen molar-refractivity contribution in [1.29, 1.82) is 0 Å². The van der Waals surface area contributed by atoms with Gasteiger partial charge in [-0.3, -0.25) is 0 Å². The zero-order valence-corrected chi connectivity index (χ0v) is 13.2. The molecule has 2 rings (SSSR count). The van der Waals surface area contributed by atoms with Crippen molar-refractivity contribution in [3.8, 4) is 0 Å². The minimum Gasteiger partial charge on any atom is -0.305 e. The molecule has 0 bridgehead atoms. The Hall–Kier alpha value is -0.760. The first kappa shape index (κ1) is 15.6. The van der Waals surface area contributed by atoms with Gasteiger partial charge in [-0.05, 0) is 38.0 Å². The zero-order valence-electron chi connectivity index (χ0n) is 11.7. The van der Waals surface area contributed by atoms with E-state index in [0.29, 0.717) is 6.54 Å². The second kappa shape index (κ2) is 6.34. The van der Waals surface area contributed by atoms with Crippen molar-refractivity contribution in [2.75, 3.05) is 26.7 Å². The lowest BCUT2D eigenvalue weighted by Gasteiger charge is -2.29. The maximum atomic E-state index is 12.7. The Bertz CT molecular complexity index is 549. The van der Waals surface area contributed by atoms with Crippen LogP contribution in [-0.4, -0.2) is 60.3 Å². The molecule has 1 aliphatic rings. The Kier molecular flexibility index (Phi) is 4.95. The fraction of sp³-hybridized carbons (Fsp3) is 0.667. The summed E-state index contributed by atoms with van der Waals surface area (Å²) in [6, 6.07) is -0.0248. The molecule has 1 aliphatic heterocycles. The van der Waals surface area contributed by atoms with E-state index >= 15 is 0 Å². The van der Waals surface area contributed by atoms with E-state index < -0.39 is 10.0 Å². The number of rotatable bonds is 3. The third-order valence-corrected chi connectivity index (χ3v) is 5.62. The highest BCUT2D eigenvalue weighted by Crippen LogP contribution is 2.22. The van der Waals surface area contributed by atoms with Crippen LogP contribution in [0.25, 0.3) is 0 Å². The van der Waals surface area contributed by atoms with Gasteiger partial charge in [-0.25, -0.2) is 18.4 Å². The minimum atomic E-state index is -3.56. The number of aromatic nitrogens is 2. The topological polar surface area (TPSA) is 66.4 Å².